The third-order valence-electron chi connectivity index (χ3n) is 4.83. The van der Waals surface area contributed by atoms with E-state index in [-0.39, 0.29) is 11.2 Å². The van der Waals surface area contributed by atoms with E-state index in [2.05, 4.69) is 46.6 Å². The first kappa shape index (κ1) is 15.6. The highest BCUT2D eigenvalue weighted by molar-refractivity contribution is 8.01. The number of hydrogen-bond donors (Lipinski definition) is 1. The van der Waals surface area contributed by atoms with Gasteiger partial charge in [-0.1, -0.05) is 36.4 Å². The molecule has 0 fully saturated rings. The summed E-state index contributed by atoms with van der Waals surface area (Å²) >= 11 is 1.70. The van der Waals surface area contributed by atoms with Crippen LogP contribution >= 0.6 is 11.8 Å². The van der Waals surface area contributed by atoms with Crippen LogP contribution in [0.3, 0.4) is 0 Å². The highest BCUT2D eigenvalue weighted by atomic mass is 32.2. The number of nitrogens with zero attached hydrogens (tertiary/aromatic N) is 1. The second-order valence-electron chi connectivity index (χ2n) is 6.43. The van der Waals surface area contributed by atoms with Crippen LogP contribution in [0.5, 0.6) is 0 Å². The van der Waals surface area contributed by atoms with Gasteiger partial charge in [0, 0.05) is 30.2 Å². The summed E-state index contributed by atoms with van der Waals surface area (Å²) in [5.41, 5.74) is 4.11. The van der Waals surface area contributed by atoms with E-state index >= 15 is 0 Å². The maximum absolute atomic E-state index is 12.4. The summed E-state index contributed by atoms with van der Waals surface area (Å²) in [5.74, 6) is 0.179. The summed E-state index contributed by atoms with van der Waals surface area (Å²) in [4.78, 5) is 16.1. The largest absolute Gasteiger partial charge is 0.371 e. The first-order valence-corrected chi connectivity index (χ1v) is 9.54. The molecule has 0 aromatic heterocycles. The zero-order chi connectivity index (χ0) is 16.4. The average molecular weight is 338 g/mol. The molecule has 124 valence electrons. The van der Waals surface area contributed by atoms with Crippen molar-refractivity contribution in [1.29, 1.82) is 0 Å². The lowest BCUT2D eigenvalue weighted by Crippen LogP contribution is -2.34. The Labute approximate surface area is 147 Å². The Balaban J connectivity index is 1.22. The van der Waals surface area contributed by atoms with Gasteiger partial charge in [0.05, 0.1) is 5.25 Å². The second kappa shape index (κ2) is 6.89. The van der Waals surface area contributed by atoms with E-state index < -0.39 is 0 Å². The van der Waals surface area contributed by atoms with Crippen molar-refractivity contribution in [3.05, 3.63) is 59.7 Å². The van der Waals surface area contributed by atoms with E-state index in [0.29, 0.717) is 0 Å². The summed E-state index contributed by atoms with van der Waals surface area (Å²) in [5, 5.41) is 3.16. The number of hydrogen-bond acceptors (Lipinski definition) is 3. The molecule has 2 aromatic carbocycles. The molecule has 1 amide bonds. The monoisotopic (exact) mass is 338 g/mol. The number of rotatable bonds is 5. The van der Waals surface area contributed by atoms with Gasteiger partial charge in [-0.15, -0.1) is 11.8 Å². The molecule has 3 nitrogen and oxygen atoms in total. The normalized spacial score (nSPS) is 18.3. The third kappa shape index (κ3) is 3.16. The van der Waals surface area contributed by atoms with Gasteiger partial charge in [0.2, 0.25) is 5.91 Å². The van der Waals surface area contributed by atoms with Crippen molar-refractivity contribution in [2.24, 2.45) is 0 Å². The van der Waals surface area contributed by atoms with Crippen molar-refractivity contribution >= 4 is 23.4 Å². The number of carbonyl (C=O) groups is 1. The predicted octanol–water partition coefficient (Wildman–Crippen LogP) is 3.27. The molecule has 0 unspecified atom stereocenters. The van der Waals surface area contributed by atoms with E-state index in [1.165, 1.54) is 21.7 Å². The number of nitrogens with one attached hydrogen (secondary N) is 1. The van der Waals surface area contributed by atoms with Crippen LogP contribution in [0.15, 0.2) is 53.4 Å². The van der Waals surface area contributed by atoms with Crippen molar-refractivity contribution in [2.45, 2.75) is 29.4 Å². The number of thioether (sulfide) groups is 1. The average Bonchev–Trinajstić information content (AvgIpc) is 3.23. The maximum Gasteiger partial charge on any atom is 0.233 e. The molecule has 2 aromatic rings. The van der Waals surface area contributed by atoms with Gasteiger partial charge in [0.1, 0.15) is 0 Å². The molecular formula is C20H22N2OS. The van der Waals surface area contributed by atoms with Crippen LogP contribution < -0.4 is 10.2 Å². The first-order valence-electron chi connectivity index (χ1n) is 8.66. The minimum atomic E-state index is 0.0370. The topological polar surface area (TPSA) is 32.3 Å². The van der Waals surface area contributed by atoms with Gasteiger partial charge in [0.15, 0.2) is 0 Å². The summed E-state index contributed by atoms with van der Waals surface area (Å²) < 4.78 is 0. The van der Waals surface area contributed by atoms with Crippen molar-refractivity contribution in [2.75, 3.05) is 24.5 Å². The van der Waals surface area contributed by atoms with Crippen LogP contribution in [0.2, 0.25) is 0 Å². The number of para-hydroxylation sites is 1. The lowest BCUT2D eigenvalue weighted by Gasteiger charge is -2.19. The highest BCUT2D eigenvalue weighted by Crippen LogP contribution is 2.36. The standard InChI is InChI=1S/C20H22N2OS/c23-20(19-14-16-7-2-4-9-18(16)24-19)21-11-5-12-22-13-10-15-6-1-3-8-17(15)22/h1-4,6-9,19H,5,10-14H2,(H,21,23)/t19-/m1/s1. The Morgan fingerprint density at radius 1 is 1.12 bits per heavy atom. The highest BCUT2D eigenvalue weighted by Gasteiger charge is 2.27. The van der Waals surface area contributed by atoms with Crippen molar-refractivity contribution in [3.63, 3.8) is 0 Å². The van der Waals surface area contributed by atoms with Gasteiger partial charge < -0.3 is 10.2 Å². The molecule has 24 heavy (non-hydrogen) atoms. The molecule has 0 saturated heterocycles. The van der Waals surface area contributed by atoms with Crippen LogP contribution in [0, 0.1) is 0 Å². The lowest BCUT2D eigenvalue weighted by atomic mass is 10.1. The van der Waals surface area contributed by atoms with Gasteiger partial charge in [-0.3, -0.25) is 4.79 Å². The summed E-state index contributed by atoms with van der Waals surface area (Å²) in [6.07, 6.45) is 2.98. The summed E-state index contributed by atoms with van der Waals surface area (Å²) in [7, 11) is 0. The fourth-order valence-electron chi connectivity index (χ4n) is 3.56. The van der Waals surface area contributed by atoms with Crippen LogP contribution in [0.4, 0.5) is 5.69 Å². The van der Waals surface area contributed by atoms with E-state index in [1.54, 1.807) is 11.8 Å². The quantitative estimate of drug-likeness (QED) is 0.849. The summed E-state index contributed by atoms with van der Waals surface area (Å²) in [6, 6.07) is 17.0. The summed E-state index contributed by atoms with van der Waals surface area (Å²) in [6.45, 7) is 2.86. The van der Waals surface area contributed by atoms with Crippen molar-refractivity contribution < 1.29 is 4.79 Å². The Bertz CT molecular complexity index is 721. The second-order valence-corrected chi connectivity index (χ2v) is 7.67. The fourth-order valence-corrected chi connectivity index (χ4v) is 4.78. The molecule has 4 heteroatoms. The van der Waals surface area contributed by atoms with Gasteiger partial charge >= 0.3 is 0 Å². The van der Waals surface area contributed by atoms with Gasteiger partial charge in [0.25, 0.3) is 0 Å². The van der Waals surface area contributed by atoms with Gasteiger partial charge in [-0.25, -0.2) is 0 Å². The zero-order valence-corrected chi connectivity index (χ0v) is 14.5. The molecule has 0 aliphatic carbocycles. The Kier molecular flexibility index (Phi) is 4.48. The van der Waals surface area contributed by atoms with Crippen LogP contribution in [-0.4, -0.2) is 30.8 Å². The fraction of sp³-hybridized carbons (Fsp3) is 0.350. The minimum absolute atomic E-state index is 0.0370. The zero-order valence-electron chi connectivity index (χ0n) is 13.7. The lowest BCUT2D eigenvalue weighted by molar-refractivity contribution is -0.120. The minimum Gasteiger partial charge on any atom is -0.371 e. The SMILES string of the molecule is O=C(NCCCN1CCc2ccccc21)[C@H]1Cc2ccccc2S1. The third-order valence-corrected chi connectivity index (χ3v) is 6.14. The van der Waals surface area contributed by atoms with E-state index in [0.717, 1.165) is 38.9 Å². The van der Waals surface area contributed by atoms with E-state index in [9.17, 15) is 4.79 Å². The number of amides is 1. The molecule has 0 saturated carbocycles. The van der Waals surface area contributed by atoms with E-state index in [4.69, 9.17) is 0 Å². The molecule has 0 bridgehead atoms. The predicted molar refractivity (Wildman–Crippen MR) is 99.8 cm³/mol. The first-order chi connectivity index (χ1) is 11.8. The van der Waals surface area contributed by atoms with Crippen molar-refractivity contribution in [3.8, 4) is 0 Å². The van der Waals surface area contributed by atoms with Gasteiger partial charge in [-0.05, 0) is 42.5 Å². The molecule has 1 atom stereocenters. The Morgan fingerprint density at radius 3 is 2.79 bits per heavy atom. The van der Waals surface area contributed by atoms with E-state index in [1.807, 2.05) is 12.1 Å². The molecule has 2 heterocycles. The molecule has 0 radical (unpaired) electrons. The van der Waals surface area contributed by atoms with Crippen LogP contribution in [-0.2, 0) is 17.6 Å². The molecule has 0 spiro atoms. The number of carbonyl (C=O) groups excluding carboxylic acids is 1. The van der Waals surface area contributed by atoms with Crippen LogP contribution in [0.1, 0.15) is 17.5 Å². The Morgan fingerprint density at radius 2 is 1.92 bits per heavy atom. The molecule has 2 aliphatic heterocycles. The van der Waals surface area contributed by atoms with Gasteiger partial charge in [-0.2, -0.15) is 0 Å². The van der Waals surface area contributed by atoms with Crippen molar-refractivity contribution in [1.82, 2.24) is 5.32 Å². The number of benzene rings is 2. The molecule has 1 N–H and O–H groups in total. The Hall–Kier alpha value is -1.94. The smallest absolute Gasteiger partial charge is 0.233 e. The number of anilines is 1. The van der Waals surface area contributed by atoms with Crippen LogP contribution in [0.25, 0.3) is 0 Å². The maximum atomic E-state index is 12.4. The number of fused-ring (bicyclic) bond motifs is 2. The molecular weight excluding hydrogens is 316 g/mol. The molecule has 4 rings (SSSR count). The molecule has 2 aliphatic rings.